The standard InChI is InChI=1S/C28H45N5O8/c1-15(2)22-27(38)32(7)23(16(3)4)28(39)31(6)17(5)24(35)29-11-10-21(34)41-20(13-18-14-40-18)26(37)33-12-8-9-19(33)25(36)30-22/h15-20,22-23H,8-14H2,1-7H3,(H,29,35)(H,30,36). The molecule has 3 aliphatic rings. The Balaban J connectivity index is 1.96. The molecule has 6 atom stereocenters. The second kappa shape index (κ2) is 13.6. The number of ether oxygens (including phenoxy) is 2. The van der Waals surface area contributed by atoms with Crippen molar-refractivity contribution in [1.29, 1.82) is 0 Å². The first-order chi connectivity index (χ1) is 19.2. The van der Waals surface area contributed by atoms with Crippen molar-refractivity contribution in [2.45, 2.75) is 96.7 Å². The lowest BCUT2D eigenvalue weighted by molar-refractivity contribution is -0.162. The van der Waals surface area contributed by atoms with Gasteiger partial charge in [0.15, 0.2) is 6.10 Å². The number of epoxide rings is 1. The molecule has 3 heterocycles. The molecule has 13 heteroatoms. The molecule has 0 aromatic rings. The maximum Gasteiger partial charge on any atom is 0.308 e. The predicted octanol–water partition coefficient (Wildman–Crippen LogP) is -0.331. The minimum atomic E-state index is -1.13. The molecule has 0 bridgehead atoms. The highest BCUT2D eigenvalue weighted by molar-refractivity contribution is 5.96. The van der Waals surface area contributed by atoms with E-state index in [1.807, 2.05) is 0 Å². The van der Waals surface area contributed by atoms with Gasteiger partial charge in [-0.3, -0.25) is 28.8 Å². The topological polar surface area (TPSA) is 158 Å². The Kier molecular flexibility index (Phi) is 10.7. The van der Waals surface area contributed by atoms with Crippen LogP contribution in [0.4, 0.5) is 0 Å². The molecule has 0 saturated carbocycles. The quantitative estimate of drug-likeness (QED) is 0.339. The Bertz CT molecular complexity index is 1030. The average Bonchev–Trinajstić information content (AvgIpc) is 3.59. The molecule has 6 unspecified atom stereocenters. The zero-order chi connectivity index (χ0) is 30.6. The third-order valence-corrected chi connectivity index (χ3v) is 8.08. The van der Waals surface area contributed by atoms with E-state index in [1.165, 1.54) is 28.8 Å². The second-order valence-electron chi connectivity index (χ2n) is 11.9. The third kappa shape index (κ3) is 7.75. The molecule has 41 heavy (non-hydrogen) atoms. The third-order valence-electron chi connectivity index (χ3n) is 8.08. The van der Waals surface area contributed by atoms with Crippen LogP contribution in [-0.4, -0.2) is 120 Å². The summed E-state index contributed by atoms with van der Waals surface area (Å²) < 4.78 is 10.8. The van der Waals surface area contributed by atoms with Crippen LogP contribution in [0.1, 0.15) is 60.3 Å². The number of carbonyl (C=O) groups excluding carboxylic acids is 6. The van der Waals surface area contributed by atoms with Crippen LogP contribution < -0.4 is 10.6 Å². The SMILES string of the molecule is CC(C)C1NC(=O)C2CCCN2C(=O)C(CC2CO2)OC(=O)CCNC(=O)C(C)N(C)C(=O)C(C(C)C)N(C)C1=O. The number of hydrogen-bond donors (Lipinski definition) is 2. The molecule has 3 rings (SSSR count). The van der Waals surface area contributed by atoms with Crippen LogP contribution >= 0.6 is 0 Å². The number of esters is 1. The van der Waals surface area contributed by atoms with Gasteiger partial charge in [0.25, 0.3) is 5.91 Å². The summed E-state index contributed by atoms with van der Waals surface area (Å²) in [5.74, 6) is -3.61. The van der Waals surface area contributed by atoms with Crippen molar-refractivity contribution in [3.05, 3.63) is 0 Å². The summed E-state index contributed by atoms with van der Waals surface area (Å²) in [7, 11) is 3.01. The van der Waals surface area contributed by atoms with Crippen LogP contribution in [0.25, 0.3) is 0 Å². The summed E-state index contributed by atoms with van der Waals surface area (Å²) in [5, 5.41) is 5.48. The summed E-state index contributed by atoms with van der Waals surface area (Å²) in [6.07, 6.45) is -0.393. The molecular weight excluding hydrogens is 534 g/mol. The lowest BCUT2D eigenvalue weighted by atomic mass is 9.97. The molecule has 0 aliphatic carbocycles. The van der Waals surface area contributed by atoms with Crippen LogP contribution in [0.15, 0.2) is 0 Å². The molecule has 0 radical (unpaired) electrons. The van der Waals surface area contributed by atoms with Crippen LogP contribution in [0.5, 0.6) is 0 Å². The highest BCUT2D eigenvalue weighted by Gasteiger charge is 2.43. The first-order valence-electron chi connectivity index (χ1n) is 14.5. The molecule has 3 aliphatic heterocycles. The summed E-state index contributed by atoms with van der Waals surface area (Å²) >= 11 is 0. The Morgan fingerprint density at radius 1 is 0.902 bits per heavy atom. The first-order valence-corrected chi connectivity index (χ1v) is 14.5. The molecule has 230 valence electrons. The highest BCUT2D eigenvalue weighted by Crippen LogP contribution is 2.25. The smallest absolute Gasteiger partial charge is 0.308 e. The number of nitrogens with zero attached hydrogens (tertiary/aromatic N) is 3. The number of rotatable bonds is 4. The van der Waals surface area contributed by atoms with Gasteiger partial charge in [-0.05, 0) is 31.6 Å². The maximum atomic E-state index is 13.8. The minimum absolute atomic E-state index is 0.0539. The zero-order valence-corrected chi connectivity index (χ0v) is 25.2. The van der Waals surface area contributed by atoms with Gasteiger partial charge in [0.05, 0.1) is 19.1 Å². The zero-order valence-electron chi connectivity index (χ0n) is 25.2. The number of fused-ring (bicyclic) bond motifs is 1. The van der Waals surface area contributed by atoms with Crippen molar-refractivity contribution in [3.8, 4) is 0 Å². The van der Waals surface area contributed by atoms with E-state index < -0.39 is 65.8 Å². The fourth-order valence-electron chi connectivity index (χ4n) is 5.38. The van der Waals surface area contributed by atoms with Crippen molar-refractivity contribution in [3.63, 3.8) is 0 Å². The largest absolute Gasteiger partial charge is 0.452 e. The Hall–Kier alpha value is -3.22. The van der Waals surface area contributed by atoms with Gasteiger partial charge in [0.1, 0.15) is 24.2 Å². The van der Waals surface area contributed by atoms with Crippen molar-refractivity contribution in [1.82, 2.24) is 25.3 Å². The monoisotopic (exact) mass is 579 g/mol. The van der Waals surface area contributed by atoms with E-state index in [0.29, 0.717) is 26.0 Å². The van der Waals surface area contributed by atoms with E-state index >= 15 is 0 Å². The van der Waals surface area contributed by atoms with Gasteiger partial charge in [-0.25, -0.2) is 0 Å². The van der Waals surface area contributed by atoms with Crippen LogP contribution in [-0.2, 0) is 38.2 Å². The van der Waals surface area contributed by atoms with Gasteiger partial charge >= 0.3 is 5.97 Å². The molecule has 0 aromatic carbocycles. The molecule has 3 saturated heterocycles. The minimum Gasteiger partial charge on any atom is -0.452 e. The van der Waals surface area contributed by atoms with Gasteiger partial charge in [-0.1, -0.05) is 27.7 Å². The summed E-state index contributed by atoms with van der Waals surface area (Å²) in [4.78, 5) is 84.0. The Morgan fingerprint density at radius 2 is 1.56 bits per heavy atom. The van der Waals surface area contributed by atoms with E-state index in [4.69, 9.17) is 9.47 Å². The second-order valence-corrected chi connectivity index (χ2v) is 11.9. The Morgan fingerprint density at radius 3 is 2.15 bits per heavy atom. The Labute approximate surface area is 241 Å². The number of nitrogens with one attached hydrogen (secondary N) is 2. The summed E-state index contributed by atoms with van der Waals surface area (Å²) in [6, 6.07) is -3.58. The van der Waals surface area contributed by atoms with Crippen molar-refractivity contribution < 1.29 is 38.2 Å². The average molecular weight is 580 g/mol. The highest BCUT2D eigenvalue weighted by atomic mass is 16.6. The van der Waals surface area contributed by atoms with Gasteiger partial charge in [0.2, 0.25) is 23.6 Å². The molecule has 0 spiro atoms. The van der Waals surface area contributed by atoms with E-state index in [1.54, 1.807) is 34.6 Å². The molecule has 3 fully saturated rings. The molecule has 13 nitrogen and oxygen atoms in total. The van der Waals surface area contributed by atoms with E-state index in [2.05, 4.69) is 10.6 Å². The molecule has 2 N–H and O–H groups in total. The van der Waals surface area contributed by atoms with Crippen molar-refractivity contribution in [2.24, 2.45) is 11.8 Å². The van der Waals surface area contributed by atoms with Gasteiger partial charge in [0, 0.05) is 33.6 Å². The lowest BCUT2D eigenvalue weighted by Crippen LogP contribution is -2.60. The summed E-state index contributed by atoms with van der Waals surface area (Å²) in [5.41, 5.74) is 0. The van der Waals surface area contributed by atoms with Gasteiger partial charge in [-0.15, -0.1) is 0 Å². The maximum absolute atomic E-state index is 13.8. The molecule has 5 amide bonds. The lowest BCUT2D eigenvalue weighted by Gasteiger charge is -2.37. The summed E-state index contributed by atoms with van der Waals surface area (Å²) in [6.45, 7) is 9.46. The number of amides is 5. The fourth-order valence-corrected chi connectivity index (χ4v) is 5.38. The van der Waals surface area contributed by atoms with E-state index in [0.717, 1.165) is 0 Å². The van der Waals surface area contributed by atoms with Crippen LogP contribution in [0.3, 0.4) is 0 Å². The van der Waals surface area contributed by atoms with Gasteiger partial charge < -0.3 is 34.8 Å². The van der Waals surface area contributed by atoms with Crippen LogP contribution in [0.2, 0.25) is 0 Å². The molecule has 0 aromatic heterocycles. The van der Waals surface area contributed by atoms with E-state index in [-0.39, 0.29) is 37.3 Å². The number of carbonyl (C=O) groups is 6. The first kappa shape index (κ1) is 32.3. The predicted molar refractivity (Wildman–Crippen MR) is 147 cm³/mol. The van der Waals surface area contributed by atoms with Crippen molar-refractivity contribution in [2.75, 3.05) is 33.8 Å². The number of hydrogen-bond acceptors (Lipinski definition) is 8. The normalized spacial score (nSPS) is 31.4. The fraction of sp³-hybridized carbons (Fsp3) is 0.786. The van der Waals surface area contributed by atoms with E-state index in [9.17, 15) is 28.8 Å². The van der Waals surface area contributed by atoms with Crippen molar-refractivity contribution >= 4 is 35.5 Å². The number of cyclic esters (lactones) is 1. The van der Waals surface area contributed by atoms with Crippen LogP contribution in [0, 0.1) is 11.8 Å². The molecular formula is C28H45N5O8. The number of likely N-dealkylation sites (N-methyl/N-ethyl adjacent to an activating group) is 2. The van der Waals surface area contributed by atoms with Gasteiger partial charge in [-0.2, -0.15) is 0 Å².